The molecule has 1 aromatic carbocycles. The molecule has 0 radical (unpaired) electrons. The number of hydrogen-bond donors (Lipinski definition) is 1. The number of amides is 2. The Balaban J connectivity index is 1.44. The first kappa shape index (κ1) is 20.8. The normalized spacial score (nSPS) is 14.8. The summed E-state index contributed by atoms with van der Waals surface area (Å²) in [6, 6.07) is 10.2. The van der Waals surface area contributed by atoms with Gasteiger partial charge in [0.05, 0.1) is 24.1 Å². The lowest BCUT2D eigenvalue weighted by molar-refractivity contribution is -0.147. The molecule has 3 heterocycles. The minimum Gasteiger partial charge on any atom is -0.461 e. The second kappa shape index (κ2) is 8.72. The Kier molecular flexibility index (Phi) is 5.85. The third-order valence-electron chi connectivity index (χ3n) is 4.80. The van der Waals surface area contributed by atoms with E-state index in [1.165, 1.54) is 6.26 Å². The number of sulfonamides is 1. The van der Waals surface area contributed by atoms with Crippen LogP contribution in [-0.4, -0.2) is 47.6 Å². The highest BCUT2D eigenvalue weighted by Gasteiger charge is 2.27. The molecule has 31 heavy (non-hydrogen) atoms. The van der Waals surface area contributed by atoms with Crippen LogP contribution in [0.15, 0.2) is 51.6 Å². The number of benzene rings is 1. The average molecular weight is 444 g/mol. The first-order valence-electron chi connectivity index (χ1n) is 9.69. The fourth-order valence-electron chi connectivity index (χ4n) is 3.25. The van der Waals surface area contributed by atoms with Gasteiger partial charge in [0.25, 0.3) is 0 Å². The predicted octanol–water partition coefficient (Wildman–Crippen LogP) is 2.20. The smallest absolute Gasteiger partial charge is 0.238 e. The summed E-state index contributed by atoms with van der Waals surface area (Å²) in [4.78, 5) is 29.1. The Labute approximate surface area is 178 Å². The van der Waals surface area contributed by atoms with Gasteiger partial charge < -0.3 is 8.94 Å². The highest BCUT2D eigenvalue weighted by Crippen LogP contribution is 2.22. The van der Waals surface area contributed by atoms with Crippen LogP contribution in [0.4, 0.5) is 5.69 Å². The maximum absolute atomic E-state index is 12.6. The minimum atomic E-state index is -3.80. The molecule has 11 heteroatoms. The highest BCUT2D eigenvalue weighted by atomic mass is 32.2. The maximum Gasteiger partial charge on any atom is 0.238 e. The van der Waals surface area contributed by atoms with E-state index in [-0.39, 0.29) is 43.4 Å². The van der Waals surface area contributed by atoms with E-state index in [0.29, 0.717) is 35.1 Å². The molecule has 0 saturated carbocycles. The molecular weight excluding hydrogens is 424 g/mol. The van der Waals surface area contributed by atoms with Gasteiger partial charge in [-0.25, -0.2) is 8.42 Å². The second-order valence-corrected chi connectivity index (χ2v) is 8.88. The van der Waals surface area contributed by atoms with Crippen LogP contribution in [0, 0.1) is 0 Å². The van der Waals surface area contributed by atoms with Crippen molar-refractivity contribution in [3.63, 3.8) is 0 Å². The van der Waals surface area contributed by atoms with Crippen molar-refractivity contribution in [3.8, 4) is 11.6 Å². The number of nitrogens with zero attached hydrogens (tertiary/aromatic N) is 3. The Morgan fingerprint density at radius 1 is 1.06 bits per heavy atom. The first-order chi connectivity index (χ1) is 14.9. The average Bonchev–Trinajstić information content (AvgIpc) is 3.41. The van der Waals surface area contributed by atoms with E-state index < -0.39 is 10.0 Å². The van der Waals surface area contributed by atoms with Gasteiger partial charge in [0, 0.05) is 19.4 Å². The van der Waals surface area contributed by atoms with Crippen LogP contribution in [-0.2, 0) is 26.0 Å². The van der Waals surface area contributed by atoms with Crippen molar-refractivity contribution >= 4 is 27.5 Å². The van der Waals surface area contributed by atoms with Gasteiger partial charge in [-0.2, -0.15) is 4.98 Å². The highest BCUT2D eigenvalue weighted by molar-refractivity contribution is 7.92. The molecule has 1 aliphatic heterocycles. The number of carbonyl (C=O) groups is 2. The van der Waals surface area contributed by atoms with Crippen LogP contribution < -0.4 is 4.72 Å². The van der Waals surface area contributed by atoms with Gasteiger partial charge in [-0.15, -0.1) is 0 Å². The quantitative estimate of drug-likeness (QED) is 0.522. The molecule has 0 aliphatic carbocycles. The van der Waals surface area contributed by atoms with E-state index >= 15 is 0 Å². The third-order valence-corrected chi connectivity index (χ3v) is 6.05. The van der Waals surface area contributed by atoms with E-state index in [4.69, 9.17) is 8.94 Å². The van der Waals surface area contributed by atoms with E-state index in [9.17, 15) is 18.0 Å². The third kappa shape index (κ3) is 5.00. The fraction of sp³-hybridized carbons (Fsp3) is 0.300. The molecule has 1 N–H and O–H groups in total. The molecule has 0 unspecified atom stereocenters. The number of para-hydroxylation sites is 1. The van der Waals surface area contributed by atoms with Gasteiger partial charge in [0.15, 0.2) is 5.76 Å². The van der Waals surface area contributed by atoms with Gasteiger partial charge in [0.2, 0.25) is 33.6 Å². The molecular formula is C20H20N4O6S. The zero-order valence-corrected chi connectivity index (χ0v) is 17.3. The number of anilines is 1. The van der Waals surface area contributed by atoms with Crippen molar-refractivity contribution in [1.82, 2.24) is 15.0 Å². The van der Waals surface area contributed by atoms with Gasteiger partial charge in [0.1, 0.15) is 0 Å². The number of carbonyl (C=O) groups excluding carboxylic acids is 2. The number of piperidine rings is 1. The molecule has 1 fully saturated rings. The molecule has 0 spiro atoms. The molecule has 1 aliphatic rings. The van der Waals surface area contributed by atoms with E-state index in [0.717, 1.165) is 4.90 Å². The van der Waals surface area contributed by atoms with Crippen molar-refractivity contribution in [2.24, 2.45) is 0 Å². The number of hydrogen-bond acceptors (Lipinski definition) is 8. The molecule has 4 rings (SSSR count). The zero-order valence-electron chi connectivity index (χ0n) is 16.5. The largest absolute Gasteiger partial charge is 0.461 e. The standard InChI is InChI=1S/C20H20N4O6S/c25-18-8-3-9-19(26)24(18)10-12-31(27,28)23-15-6-2-1-5-14(15)13-17-21-20(22-30-17)16-7-4-11-29-16/h1-2,4-7,11,23H,3,8-10,12-13H2. The van der Waals surface area contributed by atoms with Crippen LogP contribution in [0.1, 0.15) is 30.7 Å². The number of furan rings is 1. The Bertz CT molecular complexity index is 1170. The van der Waals surface area contributed by atoms with Crippen LogP contribution >= 0.6 is 0 Å². The lowest BCUT2D eigenvalue weighted by Gasteiger charge is -2.24. The Hall–Kier alpha value is -3.47. The summed E-state index contributed by atoms with van der Waals surface area (Å²) < 4.78 is 38.2. The summed E-state index contributed by atoms with van der Waals surface area (Å²) in [5, 5.41) is 3.87. The summed E-state index contributed by atoms with van der Waals surface area (Å²) in [5.74, 6) is -0.00403. The monoisotopic (exact) mass is 444 g/mol. The van der Waals surface area contributed by atoms with Gasteiger partial charge in [-0.1, -0.05) is 23.4 Å². The summed E-state index contributed by atoms with van der Waals surface area (Å²) >= 11 is 0. The van der Waals surface area contributed by atoms with Crippen LogP contribution in [0.2, 0.25) is 0 Å². The van der Waals surface area contributed by atoms with Crippen molar-refractivity contribution in [2.75, 3.05) is 17.0 Å². The fourth-order valence-corrected chi connectivity index (χ4v) is 4.31. The van der Waals surface area contributed by atoms with Crippen molar-refractivity contribution in [2.45, 2.75) is 25.7 Å². The van der Waals surface area contributed by atoms with E-state index in [1.54, 1.807) is 36.4 Å². The molecule has 1 saturated heterocycles. The van der Waals surface area contributed by atoms with Crippen LogP contribution in [0.5, 0.6) is 0 Å². The number of likely N-dealkylation sites (tertiary alicyclic amines) is 1. The topological polar surface area (TPSA) is 136 Å². The Morgan fingerprint density at radius 2 is 1.84 bits per heavy atom. The Morgan fingerprint density at radius 3 is 2.58 bits per heavy atom. The molecule has 2 aromatic heterocycles. The first-order valence-corrected chi connectivity index (χ1v) is 11.3. The molecule has 2 amide bonds. The van der Waals surface area contributed by atoms with Crippen molar-refractivity contribution in [1.29, 1.82) is 0 Å². The lowest BCUT2D eigenvalue weighted by atomic mass is 10.1. The van der Waals surface area contributed by atoms with Crippen molar-refractivity contribution in [3.05, 3.63) is 54.1 Å². The molecule has 0 bridgehead atoms. The molecule has 0 atom stereocenters. The molecule has 10 nitrogen and oxygen atoms in total. The minimum absolute atomic E-state index is 0.175. The zero-order chi connectivity index (χ0) is 21.8. The number of aromatic nitrogens is 2. The summed E-state index contributed by atoms with van der Waals surface area (Å²) in [5.41, 5.74) is 0.988. The van der Waals surface area contributed by atoms with Crippen LogP contribution in [0.25, 0.3) is 11.6 Å². The maximum atomic E-state index is 12.6. The van der Waals surface area contributed by atoms with Crippen LogP contribution in [0.3, 0.4) is 0 Å². The van der Waals surface area contributed by atoms with Gasteiger partial charge in [-0.3, -0.25) is 19.2 Å². The summed E-state index contributed by atoms with van der Waals surface area (Å²) in [6.45, 7) is -0.175. The molecule has 3 aromatic rings. The van der Waals surface area contributed by atoms with E-state index in [2.05, 4.69) is 14.9 Å². The summed E-state index contributed by atoms with van der Waals surface area (Å²) in [7, 11) is -3.80. The number of nitrogens with one attached hydrogen (secondary N) is 1. The van der Waals surface area contributed by atoms with Gasteiger partial charge >= 0.3 is 0 Å². The second-order valence-electron chi connectivity index (χ2n) is 7.04. The number of rotatable bonds is 8. The summed E-state index contributed by atoms with van der Waals surface area (Å²) in [6.07, 6.45) is 2.72. The van der Waals surface area contributed by atoms with Gasteiger partial charge in [-0.05, 0) is 30.2 Å². The van der Waals surface area contributed by atoms with Crippen molar-refractivity contribution < 1.29 is 26.9 Å². The van der Waals surface area contributed by atoms with E-state index in [1.807, 2.05) is 0 Å². The predicted molar refractivity (Wildman–Crippen MR) is 109 cm³/mol. The molecule has 162 valence electrons. The SMILES string of the molecule is O=C1CCCC(=O)N1CCS(=O)(=O)Nc1ccccc1Cc1nc(-c2ccco2)no1. The lowest BCUT2D eigenvalue weighted by Crippen LogP contribution is -2.43. The number of imide groups is 1.